The predicted octanol–water partition coefficient (Wildman–Crippen LogP) is 3.04. The van der Waals surface area contributed by atoms with Crippen LogP contribution < -0.4 is 5.32 Å². The molecule has 1 aromatic carbocycles. The number of rotatable bonds is 8. The van der Waals surface area contributed by atoms with E-state index in [0.29, 0.717) is 24.7 Å². The van der Waals surface area contributed by atoms with Crippen molar-refractivity contribution in [3.8, 4) is 6.07 Å². The van der Waals surface area contributed by atoms with E-state index in [0.717, 1.165) is 5.56 Å². The highest BCUT2D eigenvalue weighted by atomic mass is 35.5. The molecule has 0 heterocycles. The monoisotopic (exact) mass is 315 g/mol. The number of nitrogens with zero attached hydrogens (tertiary/aromatic N) is 2. The molecule has 0 aliphatic heterocycles. The van der Waals surface area contributed by atoms with Crippen LogP contribution in [-0.4, -0.2) is 23.9 Å². The molecule has 5 heteroatoms. The largest absolute Gasteiger partial charge is 0.386 e. The molecule has 1 amide bonds. The minimum atomic E-state index is -0.360. The first-order chi connectivity index (χ1) is 10.6. The van der Waals surface area contributed by atoms with Crippen LogP contribution in [0.5, 0.6) is 0 Å². The number of hydrogen-bond acceptors (Lipinski definition) is 3. The molecule has 0 atom stereocenters. The lowest BCUT2D eigenvalue weighted by atomic mass is 10.2. The smallest absolute Gasteiger partial charge is 0.266 e. The Morgan fingerprint density at radius 1 is 1.36 bits per heavy atom. The van der Waals surface area contributed by atoms with E-state index in [1.807, 2.05) is 24.3 Å². The van der Waals surface area contributed by atoms with Gasteiger partial charge in [-0.1, -0.05) is 35.9 Å². The van der Waals surface area contributed by atoms with E-state index in [4.69, 9.17) is 16.9 Å². The highest BCUT2D eigenvalue weighted by molar-refractivity contribution is 6.30. The maximum absolute atomic E-state index is 12.2. The van der Waals surface area contributed by atoms with E-state index in [1.54, 1.807) is 18.2 Å². The summed E-state index contributed by atoms with van der Waals surface area (Å²) in [5.74, 6) is -0.360. The molecular formula is C17H18ClN3O. The van der Waals surface area contributed by atoms with E-state index < -0.39 is 0 Å². The minimum absolute atomic E-state index is 0.0331. The van der Waals surface area contributed by atoms with Gasteiger partial charge < -0.3 is 10.2 Å². The molecule has 0 bridgehead atoms. The lowest BCUT2D eigenvalue weighted by molar-refractivity contribution is -0.125. The number of nitrogens with one attached hydrogen (secondary N) is 1. The average Bonchev–Trinajstić information content (AvgIpc) is 2.51. The second-order valence-corrected chi connectivity index (χ2v) is 4.90. The minimum Gasteiger partial charge on any atom is -0.386 e. The summed E-state index contributed by atoms with van der Waals surface area (Å²) in [7, 11) is 0. The number of hydrogen-bond donors (Lipinski definition) is 1. The third-order valence-corrected chi connectivity index (χ3v) is 3.01. The van der Waals surface area contributed by atoms with Gasteiger partial charge in [0.05, 0.1) is 0 Å². The highest BCUT2D eigenvalue weighted by Crippen LogP contribution is 2.10. The third kappa shape index (κ3) is 5.47. The van der Waals surface area contributed by atoms with E-state index in [-0.39, 0.29) is 11.5 Å². The molecular weight excluding hydrogens is 298 g/mol. The number of carbonyl (C=O) groups excluding carboxylic acids is 1. The number of carbonyl (C=O) groups is 1. The molecule has 114 valence electrons. The van der Waals surface area contributed by atoms with Gasteiger partial charge in [-0.15, -0.1) is 13.2 Å². The van der Waals surface area contributed by atoms with Gasteiger partial charge in [0.25, 0.3) is 5.91 Å². The molecule has 0 fully saturated rings. The van der Waals surface area contributed by atoms with Gasteiger partial charge in [-0.2, -0.15) is 5.26 Å². The lowest BCUT2D eigenvalue weighted by Gasteiger charge is -2.18. The Hall–Kier alpha value is -2.51. The van der Waals surface area contributed by atoms with Crippen molar-refractivity contribution in [1.29, 1.82) is 5.26 Å². The van der Waals surface area contributed by atoms with Crippen LogP contribution in [0.1, 0.15) is 5.56 Å². The molecule has 0 radical (unpaired) electrons. The number of benzene rings is 1. The second-order valence-electron chi connectivity index (χ2n) is 4.47. The molecule has 1 aromatic rings. The molecule has 0 aliphatic carbocycles. The summed E-state index contributed by atoms with van der Waals surface area (Å²) >= 11 is 5.90. The SMILES string of the molecule is C=CCN(CC=C)C(=O)/C(C#N)=C\NCc1cccc(Cl)c1. The van der Waals surface area contributed by atoms with Crippen LogP contribution in [0.25, 0.3) is 0 Å². The van der Waals surface area contributed by atoms with Crippen LogP contribution >= 0.6 is 11.6 Å². The van der Waals surface area contributed by atoms with Crippen molar-refractivity contribution in [2.24, 2.45) is 0 Å². The Bertz CT molecular complexity index is 607. The maximum atomic E-state index is 12.2. The quantitative estimate of drug-likeness (QED) is 0.456. The summed E-state index contributed by atoms with van der Waals surface area (Å²) in [4.78, 5) is 13.7. The van der Waals surface area contributed by atoms with E-state index in [9.17, 15) is 4.79 Å². The van der Waals surface area contributed by atoms with Gasteiger partial charge in [0, 0.05) is 30.9 Å². The van der Waals surface area contributed by atoms with Crippen molar-refractivity contribution in [2.75, 3.05) is 13.1 Å². The van der Waals surface area contributed by atoms with Gasteiger partial charge in [0.2, 0.25) is 0 Å². The molecule has 0 saturated carbocycles. The molecule has 1 N–H and O–H groups in total. The third-order valence-electron chi connectivity index (χ3n) is 2.78. The predicted molar refractivity (Wildman–Crippen MR) is 89.0 cm³/mol. The Balaban J connectivity index is 2.73. The van der Waals surface area contributed by atoms with Gasteiger partial charge in [-0.05, 0) is 17.7 Å². The van der Waals surface area contributed by atoms with Gasteiger partial charge in [-0.3, -0.25) is 4.79 Å². The Labute approximate surface area is 136 Å². The fraction of sp³-hybridized carbons (Fsp3) is 0.176. The van der Waals surface area contributed by atoms with Gasteiger partial charge in [0.1, 0.15) is 11.6 Å². The summed E-state index contributed by atoms with van der Waals surface area (Å²) < 4.78 is 0. The van der Waals surface area contributed by atoms with Crippen molar-refractivity contribution < 1.29 is 4.79 Å². The first kappa shape index (κ1) is 17.5. The maximum Gasteiger partial charge on any atom is 0.266 e. The second kappa shape index (κ2) is 9.43. The zero-order chi connectivity index (χ0) is 16.4. The van der Waals surface area contributed by atoms with Gasteiger partial charge >= 0.3 is 0 Å². The fourth-order valence-corrected chi connectivity index (χ4v) is 1.99. The average molecular weight is 316 g/mol. The van der Waals surface area contributed by atoms with Crippen molar-refractivity contribution in [3.05, 3.63) is 71.9 Å². The van der Waals surface area contributed by atoms with Crippen LogP contribution in [-0.2, 0) is 11.3 Å². The van der Waals surface area contributed by atoms with Crippen molar-refractivity contribution in [2.45, 2.75) is 6.54 Å². The zero-order valence-electron chi connectivity index (χ0n) is 12.3. The number of nitriles is 1. The zero-order valence-corrected chi connectivity index (χ0v) is 13.0. The van der Waals surface area contributed by atoms with Gasteiger partial charge in [0.15, 0.2) is 0 Å². The topological polar surface area (TPSA) is 56.1 Å². The molecule has 0 spiro atoms. The summed E-state index contributed by atoms with van der Waals surface area (Å²) in [5, 5.41) is 12.7. The summed E-state index contributed by atoms with van der Waals surface area (Å²) in [6.45, 7) is 8.40. The van der Waals surface area contributed by atoms with Crippen LogP contribution in [0.4, 0.5) is 0 Å². The Morgan fingerprint density at radius 2 is 2.05 bits per heavy atom. The number of amides is 1. The summed E-state index contributed by atoms with van der Waals surface area (Å²) in [6.07, 6.45) is 4.63. The van der Waals surface area contributed by atoms with E-state index in [1.165, 1.54) is 11.1 Å². The lowest BCUT2D eigenvalue weighted by Crippen LogP contribution is -2.32. The van der Waals surface area contributed by atoms with E-state index in [2.05, 4.69) is 18.5 Å². The molecule has 0 saturated heterocycles. The van der Waals surface area contributed by atoms with Crippen molar-refractivity contribution in [3.63, 3.8) is 0 Å². The Morgan fingerprint density at radius 3 is 2.59 bits per heavy atom. The molecule has 0 aromatic heterocycles. The summed E-state index contributed by atoms with van der Waals surface area (Å²) in [6, 6.07) is 9.26. The van der Waals surface area contributed by atoms with Crippen LogP contribution in [0.15, 0.2) is 61.3 Å². The molecule has 1 rings (SSSR count). The first-order valence-corrected chi connectivity index (χ1v) is 7.09. The van der Waals surface area contributed by atoms with Crippen molar-refractivity contribution >= 4 is 17.5 Å². The number of halogens is 1. The normalized spacial score (nSPS) is 10.5. The van der Waals surface area contributed by atoms with Crippen molar-refractivity contribution in [1.82, 2.24) is 10.2 Å². The fourth-order valence-electron chi connectivity index (χ4n) is 1.78. The summed E-state index contributed by atoms with van der Waals surface area (Å²) in [5.41, 5.74) is 0.994. The molecule has 0 aliphatic rings. The molecule has 4 nitrogen and oxygen atoms in total. The molecule has 0 unspecified atom stereocenters. The Kier molecular flexibility index (Phi) is 7.52. The van der Waals surface area contributed by atoms with Crippen LogP contribution in [0.3, 0.4) is 0 Å². The van der Waals surface area contributed by atoms with E-state index >= 15 is 0 Å². The molecule has 22 heavy (non-hydrogen) atoms. The highest BCUT2D eigenvalue weighted by Gasteiger charge is 2.15. The van der Waals surface area contributed by atoms with Crippen LogP contribution in [0.2, 0.25) is 5.02 Å². The van der Waals surface area contributed by atoms with Crippen LogP contribution in [0, 0.1) is 11.3 Å². The van der Waals surface area contributed by atoms with Gasteiger partial charge in [-0.25, -0.2) is 0 Å². The first-order valence-electron chi connectivity index (χ1n) is 6.71. The standard InChI is InChI=1S/C17H18ClN3O/c1-3-8-21(9-4-2)17(22)15(11-19)13-20-12-14-6-5-7-16(18)10-14/h3-7,10,13,20H,1-2,8-9,12H2/b15-13-.